The molecule has 0 atom stereocenters. The maximum atomic E-state index is 11.1. The predicted octanol–water partition coefficient (Wildman–Crippen LogP) is -0.561. The molecule has 1 amide bonds. The van der Waals surface area contributed by atoms with E-state index in [9.17, 15) is 9.90 Å². The van der Waals surface area contributed by atoms with E-state index in [-0.39, 0.29) is 5.11 Å². The fourth-order valence-electron chi connectivity index (χ4n) is 0.476. The van der Waals surface area contributed by atoms with Gasteiger partial charge < -0.3 is 10.4 Å². The second kappa shape index (κ2) is 5.56. The lowest BCUT2D eigenvalue weighted by Gasteiger charge is -2.17. The number of rotatable bonds is 3. The Hall–Kier alpha value is -1.14. The molecule has 0 radical (unpaired) electrons. The number of hydrogen-bond acceptors (Lipinski definition) is 3. The summed E-state index contributed by atoms with van der Waals surface area (Å²) in [4.78, 5) is 11.1. The van der Waals surface area contributed by atoms with E-state index < -0.39 is 11.5 Å². The Morgan fingerprint density at radius 3 is 2.57 bits per heavy atom. The Labute approximate surface area is 88.5 Å². The van der Waals surface area contributed by atoms with Crippen molar-refractivity contribution in [1.29, 1.82) is 0 Å². The molecule has 14 heavy (non-hydrogen) atoms. The highest BCUT2D eigenvalue weighted by Crippen LogP contribution is 1.98. The summed E-state index contributed by atoms with van der Waals surface area (Å²) in [5, 5.41) is 12.3. The van der Waals surface area contributed by atoms with Gasteiger partial charge in [-0.15, -0.1) is 6.58 Å². The Morgan fingerprint density at radius 1 is 1.57 bits per heavy atom. The van der Waals surface area contributed by atoms with Gasteiger partial charge in [0.25, 0.3) is 5.91 Å². The molecule has 0 spiro atoms. The van der Waals surface area contributed by atoms with E-state index in [1.165, 1.54) is 13.8 Å². The predicted molar refractivity (Wildman–Crippen MR) is 58.4 cm³/mol. The number of hydrogen-bond donors (Lipinski definition) is 4. The van der Waals surface area contributed by atoms with Crippen LogP contribution >= 0.6 is 12.2 Å². The van der Waals surface area contributed by atoms with Crippen molar-refractivity contribution in [3.8, 4) is 0 Å². The smallest absolute Gasteiger partial charge is 0.269 e. The first-order valence-corrected chi connectivity index (χ1v) is 4.46. The molecule has 0 rings (SSSR count). The largest absolute Gasteiger partial charge is 0.381 e. The molecule has 0 aromatic rings. The van der Waals surface area contributed by atoms with Crippen LogP contribution in [-0.2, 0) is 4.79 Å². The molecule has 0 unspecified atom stereocenters. The summed E-state index contributed by atoms with van der Waals surface area (Å²) in [6.45, 7) is 6.75. The molecule has 0 aliphatic rings. The van der Waals surface area contributed by atoms with E-state index in [1.807, 2.05) is 0 Å². The lowest BCUT2D eigenvalue weighted by Crippen LogP contribution is -2.52. The summed E-state index contributed by atoms with van der Waals surface area (Å²) in [5.74, 6) is -0.555. The molecular weight excluding hydrogens is 202 g/mol. The van der Waals surface area contributed by atoms with Crippen molar-refractivity contribution in [2.45, 2.75) is 19.4 Å². The van der Waals surface area contributed by atoms with Crippen LogP contribution in [0.3, 0.4) is 0 Å². The van der Waals surface area contributed by atoms with Gasteiger partial charge in [-0.25, -0.2) is 0 Å². The fraction of sp³-hybridized carbons (Fsp3) is 0.500. The minimum atomic E-state index is -1.43. The lowest BCUT2D eigenvalue weighted by molar-refractivity contribution is -0.137. The van der Waals surface area contributed by atoms with E-state index in [2.05, 4.69) is 22.7 Å². The first kappa shape index (κ1) is 12.9. The van der Waals surface area contributed by atoms with Crippen molar-refractivity contribution in [3.63, 3.8) is 0 Å². The zero-order valence-electron chi connectivity index (χ0n) is 8.26. The molecule has 4 N–H and O–H groups in total. The van der Waals surface area contributed by atoms with Crippen LogP contribution in [0.2, 0.25) is 0 Å². The fourth-order valence-corrected chi connectivity index (χ4v) is 0.610. The van der Waals surface area contributed by atoms with Gasteiger partial charge in [-0.2, -0.15) is 0 Å². The number of hydrazine groups is 1. The van der Waals surface area contributed by atoms with Crippen LogP contribution in [0.5, 0.6) is 0 Å². The van der Waals surface area contributed by atoms with Crippen LogP contribution in [0.1, 0.15) is 13.8 Å². The summed E-state index contributed by atoms with van der Waals surface area (Å²) >= 11 is 4.79. The van der Waals surface area contributed by atoms with Gasteiger partial charge >= 0.3 is 0 Å². The van der Waals surface area contributed by atoms with Gasteiger partial charge in [0, 0.05) is 6.54 Å². The molecule has 80 valence electrons. The molecule has 0 bridgehead atoms. The standard InChI is InChI=1S/C8H15N3O2S/c1-4-5-9-7(14)11-10-6(12)8(2,3)13/h4,13H,1,5H2,2-3H3,(H,10,12)(H2,9,11,14). The summed E-state index contributed by atoms with van der Waals surface area (Å²) in [6.07, 6.45) is 1.63. The number of nitrogens with one attached hydrogen (secondary N) is 3. The summed E-state index contributed by atoms with van der Waals surface area (Å²) < 4.78 is 0. The second-order valence-corrected chi connectivity index (χ2v) is 3.55. The van der Waals surface area contributed by atoms with Crippen molar-refractivity contribution in [2.75, 3.05) is 6.54 Å². The van der Waals surface area contributed by atoms with Crippen molar-refractivity contribution in [2.24, 2.45) is 0 Å². The minimum absolute atomic E-state index is 0.266. The maximum absolute atomic E-state index is 11.1. The molecular formula is C8H15N3O2S. The van der Waals surface area contributed by atoms with Crippen molar-refractivity contribution in [1.82, 2.24) is 16.2 Å². The summed E-state index contributed by atoms with van der Waals surface area (Å²) in [7, 11) is 0. The summed E-state index contributed by atoms with van der Waals surface area (Å²) in [6, 6.07) is 0. The van der Waals surface area contributed by atoms with Crippen molar-refractivity contribution in [3.05, 3.63) is 12.7 Å². The number of carbonyl (C=O) groups excluding carboxylic acids is 1. The van der Waals surface area contributed by atoms with Gasteiger partial charge in [0.15, 0.2) is 5.11 Å². The highest BCUT2D eigenvalue weighted by molar-refractivity contribution is 7.80. The third-order valence-corrected chi connectivity index (χ3v) is 1.50. The van der Waals surface area contributed by atoms with Gasteiger partial charge in [0.05, 0.1) is 0 Å². The van der Waals surface area contributed by atoms with E-state index in [4.69, 9.17) is 12.2 Å². The molecule has 0 saturated heterocycles. The van der Waals surface area contributed by atoms with E-state index in [0.29, 0.717) is 6.54 Å². The SMILES string of the molecule is C=CCNC(=S)NNC(=O)C(C)(C)O. The zero-order chi connectivity index (χ0) is 11.2. The normalized spacial score (nSPS) is 10.2. The van der Waals surface area contributed by atoms with Crippen molar-refractivity contribution < 1.29 is 9.90 Å². The van der Waals surface area contributed by atoms with Crippen LogP contribution in [0.4, 0.5) is 0 Å². The van der Waals surface area contributed by atoms with Gasteiger partial charge in [-0.05, 0) is 26.1 Å². The summed E-state index contributed by atoms with van der Waals surface area (Å²) in [5.41, 5.74) is 3.26. The first-order valence-electron chi connectivity index (χ1n) is 4.05. The van der Waals surface area contributed by atoms with Gasteiger partial charge in [0.1, 0.15) is 5.60 Å². The molecule has 0 aromatic carbocycles. The molecule has 6 heteroatoms. The van der Waals surface area contributed by atoms with Crippen LogP contribution in [-0.4, -0.2) is 28.3 Å². The molecule has 0 saturated carbocycles. The van der Waals surface area contributed by atoms with Crippen molar-refractivity contribution >= 4 is 23.2 Å². The van der Waals surface area contributed by atoms with Gasteiger partial charge in [0.2, 0.25) is 0 Å². The molecule has 0 heterocycles. The Balaban J connectivity index is 3.78. The van der Waals surface area contributed by atoms with Crippen LogP contribution in [0.15, 0.2) is 12.7 Å². The maximum Gasteiger partial charge on any atom is 0.269 e. The van der Waals surface area contributed by atoms with Crippen LogP contribution in [0, 0.1) is 0 Å². The topological polar surface area (TPSA) is 73.4 Å². The van der Waals surface area contributed by atoms with Crippen LogP contribution < -0.4 is 16.2 Å². The highest BCUT2D eigenvalue weighted by Gasteiger charge is 2.23. The average Bonchev–Trinajstić information content (AvgIpc) is 2.09. The number of carbonyl (C=O) groups is 1. The molecule has 0 fully saturated rings. The average molecular weight is 217 g/mol. The van der Waals surface area contributed by atoms with E-state index in [1.54, 1.807) is 6.08 Å². The minimum Gasteiger partial charge on any atom is -0.381 e. The first-order chi connectivity index (χ1) is 6.38. The monoisotopic (exact) mass is 217 g/mol. The van der Waals surface area contributed by atoms with Gasteiger partial charge in [-0.3, -0.25) is 15.6 Å². The third-order valence-electron chi connectivity index (χ3n) is 1.25. The Kier molecular flexibility index (Phi) is 5.11. The molecule has 5 nitrogen and oxygen atoms in total. The quantitative estimate of drug-likeness (QED) is 0.290. The number of amides is 1. The number of thiocarbonyl (C=S) groups is 1. The number of aliphatic hydroxyl groups is 1. The van der Waals surface area contributed by atoms with E-state index in [0.717, 1.165) is 0 Å². The third kappa shape index (κ3) is 5.50. The zero-order valence-corrected chi connectivity index (χ0v) is 9.07. The van der Waals surface area contributed by atoms with Gasteiger partial charge in [-0.1, -0.05) is 6.08 Å². The van der Waals surface area contributed by atoms with Crippen LogP contribution in [0.25, 0.3) is 0 Å². The molecule has 0 aliphatic heterocycles. The highest BCUT2D eigenvalue weighted by atomic mass is 32.1. The lowest BCUT2D eigenvalue weighted by atomic mass is 10.1. The Morgan fingerprint density at radius 2 is 2.14 bits per heavy atom. The molecule has 0 aromatic heterocycles. The van der Waals surface area contributed by atoms with E-state index >= 15 is 0 Å². The second-order valence-electron chi connectivity index (χ2n) is 3.14. The Bertz CT molecular complexity index is 235. The molecule has 0 aliphatic carbocycles.